The third kappa shape index (κ3) is 3.62. The molecule has 4 N–H and O–H groups in total. The van der Waals surface area contributed by atoms with Crippen LogP contribution in [0.4, 0.5) is 5.82 Å². The molecule has 0 atom stereocenters. The van der Waals surface area contributed by atoms with Crippen LogP contribution in [0.2, 0.25) is 0 Å². The third-order valence-corrected chi connectivity index (χ3v) is 3.83. The molecule has 0 saturated heterocycles. The predicted octanol–water partition coefficient (Wildman–Crippen LogP) is 3.62. The molecule has 0 unspecified atom stereocenters. The molecular weight excluding hydrogens is 324 g/mol. The zero-order valence-corrected chi connectivity index (χ0v) is 15.5. The first kappa shape index (κ1) is 20.2. The van der Waals surface area contributed by atoms with Crippen molar-refractivity contribution in [1.29, 1.82) is 0 Å². The predicted molar refractivity (Wildman–Crippen MR) is 104 cm³/mol. The largest absolute Gasteiger partial charge is 0.412 e. The first-order valence-electron chi connectivity index (χ1n) is 8.00. The monoisotopic (exact) mass is 350 g/mol. The number of fused-ring (bicyclic) bond motifs is 3. The number of nitrogens with two attached hydrogens (primary N) is 1. The van der Waals surface area contributed by atoms with Crippen LogP contribution in [0.1, 0.15) is 33.5 Å². The lowest BCUT2D eigenvalue weighted by Crippen LogP contribution is -2.11. The van der Waals surface area contributed by atoms with E-state index < -0.39 is 0 Å². The number of rotatable bonds is 4. The second-order valence-electron chi connectivity index (χ2n) is 6.84. The standard InChI is InChI=1S/C18H24N4.ClH.H2O/c1-11(2)9-15-21-16-17(22(15)10-12(3)4)13-7-5-6-8-14(13)20-18(16)19;;/h5-8,11-12H,9-10H2,1-4H3,(H2,19,20);1H;1H2. The van der Waals surface area contributed by atoms with Gasteiger partial charge in [0.2, 0.25) is 0 Å². The van der Waals surface area contributed by atoms with Gasteiger partial charge in [-0.3, -0.25) is 0 Å². The Hall–Kier alpha value is -1.85. The molecule has 0 aliphatic heterocycles. The van der Waals surface area contributed by atoms with E-state index in [1.807, 2.05) is 12.1 Å². The van der Waals surface area contributed by atoms with Gasteiger partial charge in [0.1, 0.15) is 11.3 Å². The summed E-state index contributed by atoms with van der Waals surface area (Å²) in [6.45, 7) is 9.86. The summed E-state index contributed by atoms with van der Waals surface area (Å²) in [5.74, 6) is 2.75. The Balaban J connectivity index is 0.00000144. The van der Waals surface area contributed by atoms with Gasteiger partial charge in [-0.1, -0.05) is 45.9 Å². The Morgan fingerprint density at radius 3 is 2.33 bits per heavy atom. The third-order valence-electron chi connectivity index (χ3n) is 3.83. The van der Waals surface area contributed by atoms with Crippen LogP contribution >= 0.6 is 12.4 Å². The van der Waals surface area contributed by atoms with Crippen LogP contribution in [0.25, 0.3) is 21.9 Å². The van der Waals surface area contributed by atoms with Crippen molar-refractivity contribution in [2.45, 2.75) is 40.7 Å². The number of aromatic nitrogens is 3. The number of benzene rings is 1. The Morgan fingerprint density at radius 2 is 1.71 bits per heavy atom. The SMILES string of the molecule is CC(C)Cc1nc2c(N)nc3ccccc3c2n1CC(C)C.Cl.O. The highest BCUT2D eigenvalue weighted by Gasteiger charge is 2.18. The minimum Gasteiger partial charge on any atom is -0.412 e. The highest BCUT2D eigenvalue weighted by atomic mass is 35.5. The molecule has 0 amide bonds. The maximum atomic E-state index is 6.18. The van der Waals surface area contributed by atoms with E-state index in [0.29, 0.717) is 17.7 Å². The molecule has 6 heteroatoms. The highest BCUT2D eigenvalue weighted by molar-refractivity contribution is 6.06. The molecule has 0 bridgehead atoms. The minimum absolute atomic E-state index is 0. The normalized spacial score (nSPS) is 11.1. The van der Waals surface area contributed by atoms with Crippen LogP contribution in [0.3, 0.4) is 0 Å². The summed E-state index contributed by atoms with van der Waals surface area (Å²) in [5.41, 5.74) is 9.09. The fourth-order valence-corrected chi connectivity index (χ4v) is 2.99. The summed E-state index contributed by atoms with van der Waals surface area (Å²) in [6.07, 6.45) is 0.954. The fourth-order valence-electron chi connectivity index (χ4n) is 2.99. The number of nitrogens with zero attached hydrogens (tertiary/aromatic N) is 3. The van der Waals surface area contributed by atoms with Crippen molar-refractivity contribution in [3.05, 3.63) is 30.1 Å². The number of hydrogen-bond acceptors (Lipinski definition) is 3. The van der Waals surface area contributed by atoms with Gasteiger partial charge in [0, 0.05) is 18.4 Å². The van der Waals surface area contributed by atoms with Gasteiger partial charge < -0.3 is 15.8 Å². The average Bonchev–Trinajstić information content (AvgIpc) is 2.77. The molecule has 3 rings (SSSR count). The molecule has 3 aromatic rings. The van der Waals surface area contributed by atoms with Crippen molar-refractivity contribution in [2.24, 2.45) is 11.8 Å². The van der Waals surface area contributed by atoms with Crippen LogP contribution < -0.4 is 5.73 Å². The molecule has 132 valence electrons. The maximum absolute atomic E-state index is 6.18. The first-order valence-corrected chi connectivity index (χ1v) is 8.00. The van der Waals surface area contributed by atoms with Gasteiger partial charge in [-0.05, 0) is 17.9 Å². The summed E-state index contributed by atoms with van der Waals surface area (Å²) in [6, 6.07) is 8.18. The van der Waals surface area contributed by atoms with Crippen molar-refractivity contribution in [1.82, 2.24) is 14.5 Å². The second-order valence-corrected chi connectivity index (χ2v) is 6.84. The molecule has 0 radical (unpaired) electrons. The van der Waals surface area contributed by atoms with Gasteiger partial charge in [0.25, 0.3) is 0 Å². The molecule has 1 aromatic carbocycles. The molecular formula is C18H27ClN4O. The van der Waals surface area contributed by atoms with Crippen LogP contribution in [0, 0.1) is 11.8 Å². The maximum Gasteiger partial charge on any atom is 0.152 e. The van der Waals surface area contributed by atoms with Gasteiger partial charge in [0.05, 0.1) is 11.0 Å². The zero-order chi connectivity index (χ0) is 15.9. The number of halogens is 1. The van der Waals surface area contributed by atoms with E-state index in [1.54, 1.807) is 0 Å². The van der Waals surface area contributed by atoms with Crippen LogP contribution in [-0.4, -0.2) is 20.0 Å². The van der Waals surface area contributed by atoms with Gasteiger partial charge in [-0.25, -0.2) is 9.97 Å². The van der Waals surface area contributed by atoms with Crippen LogP contribution in [-0.2, 0) is 13.0 Å². The summed E-state index contributed by atoms with van der Waals surface area (Å²) in [4.78, 5) is 9.35. The molecule has 0 fully saturated rings. The van der Waals surface area contributed by atoms with E-state index in [0.717, 1.165) is 40.7 Å². The van der Waals surface area contributed by atoms with Crippen molar-refractivity contribution >= 4 is 40.2 Å². The van der Waals surface area contributed by atoms with Crippen LogP contribution in [0.15, 0.2) is 24.3 Å². The van der Waals surface area contributed by atoms with E-state index in [4.69, 9.17) is 10.7 Å². The van der Waals surface area contributed by atoms with Crippen molar-refractivity contribution in [2.75, 3.05) is 5.73 Å². The number of pyridine rings is 1. The lowest BCUT2D eigenvalue weighted by molar-refractivity contribution is 0.500. The Bertz CT molecular complexity index is 827. The number of para-hydroxylation sites is 1. The lowest BCUT2D eigenvalue weighted by Gasteiger charge is -2.14. The van der Waals surface area contributed by atoms with Crippen LogP contribution in [0.5, 0.6) is 0 Å². The fraction of sp³-hybridized carbons (Fsp3) is 0.444. The van der Waals surface area contributed by atoms with E-state index >= 15 is 0 Å². The molecule has 0 aliphatic rings. The second kappa shape index (κ2) is 7.81. The molecule has 0 aliphatic carbocycles. The molecule has 2 aromatic heterocycles. The van der Waals surface area contributed by atoms with Gasteiger partial charge in [-0.2, -0.15) is 0 Å². The summed E-state index contributed by atoms with van der Waals surface area (Å²) in [5, 5.41) is 1.13. The van der Waals surface area contributed by atoms with E-state index in [9.17, 15) is 0 Å². The smallest absolute Gasteiger partial charge is 0.152 e. The van der Waals surface area contributed by atoms with Gasteiger partial charge >= 0.3 is 0 Å². The molecule has 2 heterocycles. The van der Waals surface area contributed by atoms with Crippen molar-refractivity contribution in [3.8, 4) is 0 Å². The highest BCUT2D eigenvalue weighted by Crippen LogP contribution is 2.30. The van der Waals surface area contributed by atoms with Crippen molar-refractivity contribution in [3.63, 3.8) is 0 Å². The topological polar surface area (TPSA) is 88.2 Å². The summed E-state index contributed by atoms with van der Waals surface area (Å²) < 4.78 is 2.35. The van der Waals surface area contributed by atoms with E-state index in [1.165, 1.54) is 0 Å². The first-order chi connectivity index (χ1) is 10.5. The number of anilines is 1. The average molecular weight is 351 g/mol. The summed E-state index contributed by atoms with van der Waals surface area (Å²) in [7, 11) is 0. The van der Waals surface area contributed by atoms with Gasteiger partial charge in [-0.15, -0.1) is 12.4 Å². The van der Waals surface area contributed by atoms with E-state index in [2.05, 4.69) is 49.4 Å². The number of hydrogen-bond donors (Lipinski definition) is 1. The lowest BCUT2D eigenvalue weighted by atomic mass is 10.1. The quantitative estimate of drug-likeness (QED) is 0.779. The molecule has 5 nitrogen and oxygen atoms in total. The minimum atomic E-state index is 0. The number of nitrogen functional groups attached to an aromatic ring is 1. The Kier molecular flexibility index (Phi) is 6.58. The zero-order valence-electron chi connectivity index (χ0n) is 14.7. The Morgan fingerprint density at radius 1 is 1.04 bits per heavy atom. The Labute approximate surface area is 149 Å². The van der Waals surface area contributed by atoms with E-state index in [-0.39, 0.29) is 17.9 Å². The molecule has 0 spiro atoms. The van der Waals surface area contributed by atoms with Crippen molar-refractivity contribution < 1.29 is 5.48 Å². The van der Waals surface area contributed by atoms with Gasteiger partial charge in [0.15, 0.2) is 5.82 Å². The summed E-state index contributed by atoms with van der Waals surface area (Å²) >= 11 is 0. The molecule has 24 heavy (non-hydrogen) atoms. The number of imidazole rings is 1. The molecule has 0 saturated carbocycles.